The molecule has 3 heteroatoms. The molecule has 1 N–H and O–H groups in total. The summed E-state index contributed by atoms with van der Waals surface area (Å²) in [7, 11) is 1.52. The average Bonchev–Trinajstić information content (AvgIpc) is 2.04. The van der Waals surface area contributed by atoms with Crippen molar-refractivity contribution in [1.82, 2.24) is 0 Å². The number of hydrogen-bond acceptors (Lipinski definition) is 3. The topological polar surface area (TPSA) is 44.3 Å². The van der Waals surface area contributed by atoms with Gasteiger partial charge in [-0.15, -0.1) is 0 Å². The van der Waals surface area contributed by atoms with Crippen LogP contribution in [0.2, 0.25) is 0 Å². The second-order valence-corrected chi connectivity index (χ2v) is 1.80. The zero-order valence-corrected chi connectivity index (χ0v) is 5.63. The van der Waals surface area contributed by atoms with Crippen molar-refractivity contribution in [2.75, 3.05) is 12.6 Å². The minimum Gasteiger partial charge on any atom is -0.761 e. The van der Waals surface area contributed by atoms with Gasteiger partial charge in [-0.1, -0.05) is 12.1 Å². The zero-order chi connectivity index (χ0) is 7.40. The van der Waals surface area contributed by atoms with Crippen molar-refractivity contribution >= 4 is 5.69 Å². The fourth-order valence-electron chi connectivity index (χ4n) is 0.729. The Hall–Kier alpha value is -1.22. The average molecular weight is 138 g/mol. The molecule has 0 atom stereocenters. The Morgan fingerprint density at radius 1 is 1.40 bits per heavy atom. The van der Waals surface area contributed by atoms with Gasteiger partial charge >= 0.3 is 0 Å². The van der Waals surface area contributed by atoms with E-state index in [4.69, 9.17) is 4.74 Å². The van der Waals surface area contributed by atoms with E-state index in [2.05, 4.69) is 0 Å². The Kier molecular flexibility index (Phi) is 2.12. The lowest BCUT2D eigenvalue weighted by Gasteiger charge is -2.12. The van der Waals surface area contributed by atoms with Gasteiger partial charge in [-0.2, -0.15) is 0 Å². The van der Waals surface area contributed by atoms with Crippen LogP contribution in [0, 0.1) is 5.21 Å². The van der Waals surface area contributed by atoms with E-state index in [0.717, 1.165) is 0 Å². The van der Waals surface area contributed by atoms with Crippen molar-refractivity contribution < 1.29 is 4.74 Å². The molecule has 3 nitrogen and oxygen atoms in total. The van der Waals surface area contributed by atoms with Crippen molar-refractivity contribution in [2.45, 2.75) is 0 Å². The molecule has 0 aliphatic carbocycles. The van der Waals surface area contributed by atoms with Gasteiger partial charge in [0, 0.05) is 0 Å². The molecule has 0 fully saturated rings. The Morgan fingerprint density at radius 3 is 2.60 bits per heavy atom. The molecule has 10 heavy (non-hydrogen) atoms. The monoisotopic (exact) mass is 138 g/mol. The highest BCUT2D eigenvalue weighted by Crippen LogP contribution is 2.21. The predicted molar refractivity (Wildman–Crippen MR) is 40.0 cm³/mol. The second kappa shape index (κ2) is 3.08. The summed E-state index contributed by atoms with van der Waals surface area (Å²) in [5.41, 5.74) is 2.23. The zero-order valence-electron chi connectivity index (χ0n) is 5.63. The summed E-state index contributed by atoms with van der Waals surface area (Å²) in [4.78, 5) is 0. The Balaban J connectivity index is 2.96. The van der Waals surface area contributed by atoms with Crippen LogP contribution in [-0.2, 0) is 0 Å². The van der Waals surface area contributed by atoms with Gasteiger partial charge in [0.1, 0.15) is 5.75 Å². The van der Waals surface area contributed by atoms with Crippen LogP contribution in [0.25, 0.3) is 0 Å². The number of rotatable bonds is 2. The van der Waals surface area contributed by atoms with Gasteiger partial charge in [-0.25, -0.2) is 0 Å². The normalized spacial score (nSPS) is 9.00. The molecule has 54 valence electrons. The molecule has 0 unspecified atom stereocenters. The molecule has 0 aliphatic heterocycles. The van der Waals surface area contributed by atoms with E-state index in [0.29, 0.717) is 11.4 Å². The molecule has 1 aromatic carbocycles. The number of para-hydroxylation sites is 2. The SMILES string of the molecule is COc1ccccc1N[O-]. The lowest BCUT2D eigenvalue weighted by atomic mass is 10.3. The van der Waals surface area contributed by atoms with Crippen LogP contribution in [0.1, 0.15) is 0 Å². The highest BCUT2D eigenvalue weighted by Gasteiger charge is 1.93. The van der Waals surface area contributed by atoms with Crippen molar-refractivity contribution in [1.29, 1.82) is 0 Å². The van der Waals surface area contributed by atoms with Crippen LogP contribution in [0.15, 0.2) is 24.3 Å². The molecule has 0 saturated carbocycles. The van der Waals surface area contributed by atoms with Gasteiger partial charge in [-0.05, 0) is 12.1 Å². The third kappa shape index (κ3) is 1.19. The molecule has 0 bridgehead atoms. The third-order valence-electron chi connectivity index (χ3n) is 1.22. The number of methoxy groups -OCH3 is 1. The summed E-state index contributed by atoms with van der Waals surface area (Å²) < 4.78 is 4.87. The maximum Gasteiger partial charge on any atom is 0.141 e. The van der Waals surface area contributed by atoms with Crippen LogP contribution in [0.3, 0.4) is 0 Å². The van der Waals surface area contributed by atoms with Crippen LogP contribution in [0.4, 0.5) is 5.69 Å². The third-order valence-corrected chi connectivity index (χ3v) is 1.22. The van der Waals surface area contributed by atoms with Gasteiger partial charge < -0.3 is 15.4 Å². The highest BCUT2D eigenvalue weighted by atomic mass is 16.5. The second-order valence-electron chi connectivity index (χ2n) is 1.80. The molecule has 0 heterocycles. The van der Waals surface area contributed by atoms with E-state index in [1.807, 2.05) is 0 Å². The largest absolute Gasteiger partial charge is 0.761 e. The molecule has 0 aliphatic rings. The smallest absolute Gasteiger partial charge is 0.141 e. The molecule has 1 aromatic rings. The molecule has 0 saturated heterocycles. The number of hydrogen-bond donors (Lipinski definition) is 1. The van der Waals surface area contributed by atoms with Crippen LogP contribution in [-0.4, -0.2) is 7.11 Å². The number of nitrogens with one attached hydrogen (secondary N) is 1. The van der Waals surface area contributed by atoms with Crippen LogP contribution < -0.4 is 10.2 Å². The van der Waals surface area contributed by atoms with E-state index in [-0.39, 0.29) is 0 Å². The number of benzene rings is 1. The lowest BCUT2D eigenvalue weighted by Crippen LogP contribution is -1.90. The molecule has 1 rings (SSSR count). The summed E-state index contributed by atoms with van der Waals surface area (Å²) in [6, 6.07) is 6.95. The molecule has 0 radical (unpaired) electrons. The molecule has 0 aromatic heterocycles. The summed E-state index contributed by atoms with van der Waals surface area (Å²) >= 11 is 0. The van der Waals surface area contributed by atoms with Crippen LogP contribution >= 0.6 is 0 Å². The molecule has 0 spiro atoms. The minimum absolute atomic E-state index is 0.463. The van der Waals surface area contributed by atoms with Crippen molar-refractivity contribution in [3.63, 3.8) is 0 Å². The highest BCUT2D eigenvalue weighted by molar-refractivity contribution is 5.56. The number of anilines is 1. The minimum atomic E-state index is 0.463. The van der Waals surface area contributed by atoms with Gasteiger partial charge in [0.05, 0.1) is 12.8 Å². The van der Waals surface area contributed by atoms with E-state index in [1.54, 1.807) is 29.7 Å². The van der Waals surface area contributed by atoms with Gasteiger partial charge in [-0.3, -0.25) is 0 Å². The van der Waals surface area contributed by atoms with Crippen molar-refractivity contribution in [3.05, 3.63) is 29.5 Å². The molecular formula is C7H8NO2-. The predicted octanol–water partition coefficient (Wildman–Crippen LogP) is 1.60. The molecule has 0 amide bonds. The fourth-order valence-corrected chi connectivity index (χ4v) is 0.729. The lowest BCUT2D eigenvalue weighted by molar-refractivity contribution is 0.417. The first-order valence-electron chi connectivity index (χ1n) is 2.89. The van der Waals surface area contributed by atoms with E-state index in [9.17, 15) is 5.21 Å². The quantitative estimate of drug-likeness (QED) is 0.631. The Labute approximate surface area is 59.2 Å². The summed E-state index contributed by atoms with van der Waals surface area (Å²) in [6.07, 6.45) is 0. The van der Waals surface area contributed by atoms with Gasteiger partial charge in [0.2, 0.25) is 0 Å². The maximum absolute atomic E-state index is 10.2. The van der Waals surface area contributed by atoms with E-state index in [1.165, 1.54) is 7.11 Å². The number of ether oxygens (including phenoxy) is 1. The maximum atomic E-state index is 10.2. The van der Waals surface area contributed by atoms with Crippen molar-refractivity contribution in [2.24, 2.45) is 0 Å². The molecular weight excluding hydrogens is 130 g/mol. The van der Waals surface area contributed by atoms with Crippen LogP contribution in [0.5, 0.6) is 5.75 Å². The first-order chi connectivity index (χ1) is 4.88. The summed E-state index contributed by atoms with van der Waals surface area (Å²) in [5.74, 6) is 0.567. The first kappa shape index (κ1) is 6.89. The van der Waals surface area contributed by atoms with Gasteiger partial charge in [0.25, 0.3) is 0 Å². The van der Waals surface area contributed by atoms with Crippen molar-refractivity contribution in [3.8, 4) is 5.75 Å². The standard InChI is InChI=1S/C7H8NO2/c1-10-7-5-3-2-4-6(7)8-9/h2-5,8H,1H3/q-1. The van der Waals surface area contributed by atoms with E-state index < -0.39 is 0 Å². The van der Waals surface area contributed by atoms with E-state index >= 15 is 0 Å². The summed E-state index contributed by atoms with van der Waals surface area (Å²) in [5, 5.41) is 10.2. The Morgan fingerprint density at radius 2 is 2.10 bits per heavy atom. The fraction of sp³-hybridized carbons (Fsp3) is 0.143. The summed E-state index contributed by atoms with van der Waals surface area (Å²) in [6.45, 7) is 0. The van der Waals surface area contributed by atoms with Gasteiger partial charge in [0.15, 0.2) is 0 Å². The first-order valence-corrected chi connectivity index (χ1v) is 2.89. The Bertz CT molecular complexity index is 190.